The lowest BCUT2D eigenvalue weighted by molar-refractivity contribution is 0.0732. The van der Waals surface area contributed by atoms with Gasteiger partial charge in [-0.3, -0.25) is 0 Å². The molecule has 31 heavy (non-hydrogen) atoms. The number of rotatable bonds is 10. The van der Waals surface area contributed by atoms with Crippen LogP contribution in [0.2, 0.25) is 0 Å². The molecule has 1 aliphatic carbocycles. The van der Waals surface area contributed by atoms with Crippen LogP contribution in [0.5, 0.6) is 11.6 Å². The summed E-state index contributed by atoms with van der Waals surface area (Å²) >= 11 is 0. The summed E-state index contributed by atoms with van der Waals surface area (Å²) in [6, 6.07) is 9.69. The van der Waals surface area contributed by atoms with Crippen LogP contribution in [-0.4, -0.2) is 37.7 Å². The van der Waals surface area contributed by atoms with Gasteiger partial charge in [-0.1, -0.05) is 18.6 Å². The summed E-state index contributed by atoms with van der Waals surface area (Å²) in [5.74, 6) is 1.31. The van der Waals surface area contributed by atoms with E-state index in [0.717, 1.165) is 37.6 Å². The molecule has 0 saturated heterocycles. The largest absolute Gasteiger partial charge is 0.439 e. The van der Waals surface area contributed by atoms with Crippen LogP contribution in [0.1, 0.15) is 38.2 Å². The number of benzene rings is 1. The predicted molar refractivity (Wildman–Crippen MR) is 132 cm³/mol. The Kier molecular flexibility index (Phi) is 10.5. The number of guanidine groups is 1. The van der Waals surface area contributed by atoms with Gasteiger partial charge in [0.1, 0.15) is 11.6 Å². The summed E-state index contributed by atoms with van der Waals surface area (Å²) in [5.41, 5.74) is 1.29. The number of halogens is 2. The van der Waals surface area contributed by atoms with Crippen molar-refractivity contribution in [2.45, 2.75) is 39.2 Å². The normalized spacial score (nSPS) is 14.9. The molecule has 1 fully saturated rings. The predicted octanol–water partition coefficient (Wildman–Crippen LogP) is 4.89. The van der Waals surface area contributed by atoms with E-state index in [1.54, 1.807) is 31.5 Å². The molecule has 170 valence electrons. The molecule has 1 saturated carbocycles. The zero-order chi connectivity index (χ0) is 21.2. The second-order valence-corrected chi connectivity index (χ2v) is 7.71. The Balaban J connectivity index is 0.00000341. The van der Waals surface area contributed by atoms with Gasteiger partial charge in [-0.25, -0.2) is 14.4 Å². The third-order valence-corrected chi connectivity index (χ3v) is 5.46. The molecule has 1 aromatic carbocycles. The highest BCUT2D eigenvalue weighted by Crippen LogP contribution is 2.43. The van der Waals surface area contributed by atoms with Crippen molar-refractivity contribution in [1.29, 1.82) is 0 Å². The van der Waals surface area contributed by atoms with Crippen LogP contribution in [0.25, 0.3) is 0 Å². The number of aromatic nitrogens is 1. The first-order chi connectivity index (χ1) is 14.6. The summed E-state index contributed by atoms with van der Waals surface area (Å²) < 4.78 is 24.1. The molecule has 0 spiro atoms. The zero-order valence-electron chi connectivity index (χ0n) is 18.2. The fraction of sp³-hybridized carbons (Fsp3) is 0.478. The number of ether oxygens (including phenoxy) is 2. The van der Waals surface area contributed by atoms with Gasteiger partial charge in [0, 0.05) is 45.1 Å². The van der Waals surface area contributed by atoms with Gasteiger partial charge in [-0.2, -0.15) is 0 Å². The Hall–Kier alpha value is -1.94. The molecule has 6 nitrogen and oxygen atoms in total. The fourth-order valence-electron chi connectivity index (χ4n) is 3.51. The lowest BCUT2D eigenvalue weighted by Crippen LogP contribution is -2.46. The van der Waals surface area contributed by atoms with E-state index in [-0.39, 0.29) is 29.8 Å². The van der Waals surface area contributed by atoms with E-state index in [1.165, 1.54) is 31.4 Å². The molecular formula is C23H32FIN4O2. The minimum atomic E-state index is -0.340. The van der Waals surface area contributed by atoms with Crippen molar-refractivity contribution in [3.8, 4) is 11.6 Å². The SMILES string of the molecule is CCNC(=NCc1ccc(Oc2cccc(F)c2)nc1)NCC1(CCOC)CCC1.I. The topological polar surface area (TPSA) is 67.8 Å². The summed E-state index contributed by atoms with van der Waals surface area (Å²) in [7, 11) is 1.76. The highest BCUT2D eigenvalue weighted by molar-refractivity contribution is 14.0. The molecule has 1 aliphatic rings. The van der Waals surface area contributed by atoms with Gasteiger partial charge in [0.05, 0.1) is 6.54 Å². The van der Waals surface area contributed by atoms with Crippen molar-refractivity contribution < 1.29 is 13.9 Å². The van der Waals surface area contributed by atoms with Crippen LogP contribution in [0.15, 0.2) is 47.6 Å². The summed E-state index contributed by atoms with van der Waals surface area (Å²) in [6.45, 7) is 5.07. The molecule has 2 N–H and O–H groups in total. The third kappa shape index (κ3) is 7.92. The van der Waals surface area contributed by atoms with Crippen molar-refractivity contribution in [3.63, 3.8) is 0 Å². The van der Waals surface area contributed by atoms with Crippen molar-refractivity contribution in [2.75, 3.05) is 26.8 Å². The van der Waals surface area contributed by atoms with E-state index in [9.17, 15) is 4.39 Å². The van der Waals surface area contributed by atoms with Crippen molar-refractivity contribution in [1.82, 2.24) is 15.6 Å². The van der Waals surface area contributed by atoms with Gasteiger partial charge in [-0.15, -0.1) is 24.0 Å². The smallest absolute Gasteiger partial charge is 0.219 e. The van der Waals surface area contributed by atoms with Crippen LogP contribution in [0.4, 0.5) is 4.39 Å². The number of hydrogen-bond acceptors (Lipinski definition) is 4. The molecule has 0 amide bonds. The fourth-order valence-corrected chi connectivity index (χ4v) is 3.51. The maximum Gasteiger partial charge on any atom is 0.219 e. The van der Waals surface area contributed by atoms with E-state index in [1.807, 2.05) is 6.07 Å². The molecule has 1 heterocycles. The van der Waals surface area contributed by atoms with E-state index in [0.29, 0.717) is 23.6 Å². The minimum Gasteiger partial charge on any atom is -0.439 e. The molecule has 2 aromatic rings. The van der Waals surface area contributed by atoms with Crippen molar-refractivity contribution in [2.24, 2.45) is 10.4 Å². The lowest BCUT2D eigenvalue weighted by Gasteiger charge is -2.42. The standard InChI is InChI=1S/C23H31FN4O2.HI/c1-3-25-22(28-17-23(10-5-11-23)12-13-29-2)27-16-18-8-9-21(26-15-18)30-20-7-4-6-19(24)14-20;/h4,6-9,14-15H,3,5,10-13,16-17H2,1-2H3,(H2,25,27,28);1H. The van der Waals surface area contributed by atoms with Crippen LogP contribution >= 0.6 is 24.0 Å². The molecule has 8 heteroatoms. The van der Waals surface area contributed by atoms with Gasteiger partial charge in [0.25, 0.3) is 0 Å². The second-order valence-electron chi connectivity index (χ2n) is 7.71. The molecular weight excluding hydrogens is 510 g/mol. The molecule has 0 atom stereocenters. The Labute approximate surface area is 201 Å². The highest BCUT2D eigenvalue weighted by atomic mass is 127. The molecule has 3 rings (SSSR count). The first-order valence-corrected chi connectivity index (χ1v) is 10.5. The van der Waals surface area contributed by atoms with Crippen LogP contribution in [0.3, 0.4) is 0 Å². The van der Waals surface area contributed by atoms with Gasteiger partial charge in [0.15, 0.2) is 5.96 Å². The Bertz CT molecular complexity index is 829. The summed E-state index contributed by atoms with van der Waals surface area (Å²) in [5, 5.41) is 6.80. The molecule has 0 radical (unpaired) electrons. The number of nitrogens with one attached hydrogen (secondary N) is 2. The number of nitrogens with zero attached hydrogens (tertiary/aromatic N) is 2. The Morgan fingerprint density at radius 2 is 2.06 bits per heavy atom. The Morgan fingerprint density at radius 3 is 2.68 bits per heavy atom. The summed E-state index contributed by atoms with van der Waals surface area (Å²) in [6.07, 6.45) is 6.56. The van der Waals surface area contributed by atoms with Crippen LogP contribution in [0, 0.1) is 11.2 Å². The van der Waals surface area contributed by atoms with Gasteiger partial charge in [0.2, 0.25) is 5.88 Å². The van der Waals surface area contributed by atoms with E-state index >= 15 is 0 Å². The zero-order valence-corrected chi connectivity index (χ0v) is 20.5. The van der Waals surface area contributed by atoms with Gasteiger partial charge in [-0.05, 0) is 49.3 Å². The number of pyridine rings is 1. The maximum atomic E-state index is 13.3. The quantitative estimate of drug-likeness (QED) is 0.254. The molecule has 0 unspecified atom stereocenters. The first-order valence-electron chi connectivity index (χ1n) is 10.5. The van der Waals surface area contributed by atoms with Crippen molar-refractivity contribution >= 4 is 29.9 Å². The molecule has 0 aliphatic heterocycles. The number of methoxy groups -OCH3 is 1. The number of aliphatic imine (C=N–C) groups is 1. The van der Waals surface area contributed by atoms with E-state index in [2.05, 4.69) is 27.5 Å². The minimum absolute atomic E-state index is 0. The third-order valence-electron chi connectivity index (χ3n) is 5.46. The van der Waals surface area contributed by atoms with Crippen LogP contribution < -0.4 is 15.4 Å². The van der Waals surface area contributed by atoms with Gasteiger partial charge < -0.3 is 20.1 Å². The van der Waals surface area contributed by atoms with E-state index in [4.69, 9.17) is 9.47 Å². The maximum absolute atomic E-state index is 13.3. The average molecular weight is 542 g/mol. The lowest BCUT2D eigenvalue weighted by atomic mass is 9.67. The molecule has 1 aromatic heterocycles. The summed E-state index contributed by atoms with van der Waals surface area (Å²) in [4.78, 5) is 8.98. The number of hydrogen-bond donors (Lipinski definition) is 2. The molecule has 0 bridgehead atoms. The first kappa shape index (κ1) is 25.3. The van der Waals surface area contributed by atoms with Gasteiger partial charge >= 0.3 is 0 Å². The second kappa shape index (κ2) is 12.8. The Morgan fingerprint density at radius 1 is 1.23 bits per heavy atom. The van der Waals surface area contributed by atoms with Crippen LogP contribution in [-0.2, 0) is 11.3 Å². The monoisotopic (exact) mass is 542 g/mol. The highest BCUT2D eigenvalue weighted by Gasteiger charge is 2.36. The van der Waals surface area contributed by atoms with Crippen molar-refractivity contribution in [3.05, 3.63) is 54.0 Å². The average Bonchev–Trinajstić information content (AvgIpc) is 2.72. The van der Waals surface area contributed by atoms with E-state index < -0.39 is 0 Å².